The third kappa shape index (κ3) is 2.94. The van der Waals surface area contributed by atoms with Crippen molar-refractivity contribution in [3.63, 3.8) is 0 Å². The smallest absolute Gasteiger partial charge is 0.322 e. The molecule has 2 aromatic carbocycles. The minimum absolute atomic E-state index is 0.0167. The van der Waals surface area contributed by atoms with Crippen LogP contribution < -0.4 is 10.2 Å². The van der Waals surface area contributed by atoms with E-state index in [9.17, 15) is 14.4 Å². The van der Waals surface area contributed by atoms with Crippen molar-refractivity contribution in [2.75, 3.05) is 25.0 Å². The highest BCUT2D eigenvalue weighted by molar-refractivity contribution is 6.02. The second-order valence-corrected chi connectivity index (χ2v) is 7.89. The number of carboxylic acids is 1. The van der Waals surface area contributed by atoms with Gasteiger partial charge >= 0.3 is 5.97 Å². The molecule has 0 fully saturated rings. The molecular weight excluding hydrogens is 396 g/mol. The zero-order valence-electron chi connectivity index (χ0n) is 17.0. The molecule has 3 heterocycles. The standard InChI is InChI=1S/C23H22N4O4/c1-25-17-8-4-3-7-16(17)23(31)26-11-10-15-14-6-2-5-9-18(14)27(21(15)22(25)26)13-19(28)24-12-20(29)30/h2-9,22H,10-13H2,1H3,(H,24,28)(H,29,30)/t22-/m1/s1. The first kappa shape index (κ1) is 19.2. The number of fused-ring (bicyclic) bond motifs is 6. The number of aromatic nitrogens is 1. The van der Waals surface area contributed by atoms with Crippen LogP contribution in [0.15, 0.2) is 48.5 Å². The van der Waals surface area contributed by atoms with Gasteiger partial charge in [-0.3, -0.25) is 14.4 Å². The number of carboxylic acid groups (broad SMARTS) is 1. The van der Waals surface area contributed by atoms with Crippen molar-refractivity contribution < 1.29 is 19.5 Å². The van der Waals surface area contributed by atoms with E-state index in [1.165, 1.54) is 0 Å². The Kier molecular flexibility index (Phi) is 4.43. The summed E-state index contributed by atoms with van der Waals surface area (Å²) in [5.74, 6) is -1.49. The van der Waals surface area contributed by atoms with Crippen LogP contribution >= 0.6 is 0 Å². The molecule has 5 rings (SSSR count). The number of carbonyl (C=O) groups is 3. The lowest BCUT2D eigenvalue weighted by atomic mass is 9.96. The van der Waals surface area contributed by atoms with E-state index in [4.69, 9.17) is 5.11 Å². The maximum Gasteiger partial charge on any atom is 0.322 e. The van der Waals surface area contributed by atoms with E-state index in [2.05, 4.69) is 10.2 Å². The molecule has 2 amide bonds. The summed E-state index contributed by atoms with van der Waals surface area (Å²) in [5.41, 5.74) is 4.46. The molecule has 31 heavy (non-hydrogen) atoms. The molecule has 2 aliphatic heterocycles. The lowest BCUT2D eigenvalue weighted by Crippen LogP contribution is -2.51. The lowest BCUT2D eigenvalue weighted by Gasteiger charge is -2.46. The fourth-order valence-electron chi connectivity index (χ4n) is 4.85. The second kappa shape index (κ2) is 7.16. The summed E-state index contributed by atoms with van der Waals surface area (Å²) in [6.07, 6.45) is 0.350. The van der Waals surface area contributed by atoms with Gasteiger partial charge in [-0.05, 0) is 30.2 Å². The monoisotopic (exact) mass is 418 g/mol. The van der Waals surface area contributed by atoms with E-state index in [-0.39, 0.29) is 24.5 Å². The Morgan fingerprint density at radius 3 is 2.68 bits per heavy atom. The predicted molar refractivity (Wildman–Crippen MR) is 115 cm³/mol. The topological polar surface area (TPSA) is 94.9 Å². The molecule has 0 spiro atoms. The largest absolute Gasteiger partial charge is 0.480 e. The van der Waals surface area contributed by atoms with Gasteiger partial charge in [0.2, 0.25) is 5.91 Å². The van der Waals surface area contributed by atoms with Gasteiger partial charge in [-0.25, -0.2) is 0 Å². The minimum atomic E-state index is -1.09. The first-order valence-corrected chi connectivity index (χ1v) is 10.2. The van der Waals surface area contributed by atoms with Gasteiger partial charge in [0, 0.05) is 24.5 Å². The zero-order chi connectivity index (χ0) is 21.7. The number of hydrogen-bond acceptors (Lipinski definition) is 4. The molecule has 1 atom stereocenters. The fraction of sp³-hybridized carbons (Fsp3) is 0.261. The van der Waals surface area contributed by atoms with Gasteiger partial charge in [0.05, 0.1) is 16.9 Å². The molecular formula is C23H22N4O4. The van der Waals surface area contributed by atoms with Crippen LogP contribution in [0.25, 0.3) is 10.9 Å². The van der Waals surface area contributed by atoms with Crippen molar-refractivity contribution in [2.45, 2.75) is 19.1 Å². The van der Waals surface area contributed by atoms with Crippen LogP contribution in [0.5, 0.6) is 0 Å². The van der Waals surface area contributed by atoms with Crippen LogP contribution in [-0.4, -0.2) is 52.5 Å². The molecule has 8 heteroatoms. The normalized spacial score (nSPS) is 17.2. The van der Waals surface area contributed by atoms with E-state index in [0.717, 1.165) is 27.8 Å². The molecule has 0 aliphatic carbocycles. The molecule has 3 aromatic rings. The van der Waals surface area contributed by atoms with Crippen molar-refractivity contribution in [3.05, 3.63) is 65.4 Å². The van der Waals surface area contributed by atoms with Crippen LogP contribution in [0.2, 0.25) is 0 Å². The number of benzene rings is 2. The Hall–Kier alpha value is -3.81. The third-order valence-corrected chi connectivity index (χ3v) is 6.14. The number of carbonyl (C=O) groups excluding carboxylic acids is 2. The predicted octanol–water partition coefficient (Wildman–Crippen LogP) is 1.99. The number of anilines is 1. The molecule has 0 unspecified atom stereocenters. The van der Waals surface area contributed by atoms with Crippen molar-refractivity contribution in [1.29, 1.82) is 0 Å². The summed E-state index contributed by atoms with van der Waals surface area (Å²) < 4.78 is 1.93. The van der Waals surface area contributed by atoms with Crippen LogP contribution in [0.1, 0.15) is 27.8 Å². The van der Waals surface area contributed by atoms with Gasteiger partial charge < -0.3 is 24.8 Å². The minimum Gasteiger partial charge on any atom is -0.480 e. The van der Waals surface area contributed by atoms with Gasteiger partial charge in [-0.2, -0.15) is 0 Å². The van der Waals surface area contributed by atoms with Crippen molar-refractivity contribution in [2.24, 2.45) is 0 Å². The van der Waals surface area contributed by atoms with Crippen LogP contribution in [0.3, 0.4) is 0 Å². The van der Waals surface area contributed by atoms with E-state index in [0.29, 0.717) is 18.5 Å². The molecule has 2 aliphatic rings. The van der Waals surface area contributed by atoms with Crippen molar-refractivity contribution >= 4 is 34.4 Å². The summed E-state index contributed by atoms with van der Waals surface area (Å²) >= 11 is 0. The number of amides is 2. The second-order valence-electron chi connectivity index (χ2n) is 7.89. The number of para-hydroxylation sites is 2. The summed E-state index contributed by atoms with van der Waals surface area (Å²) in [4.78, 5) is 40.6. The molecule has 8 nitrogen and oxygen atoms in total. The summed E-state index contributed by atoms with van der Waals surface area (Å²) in [7, 11) is 1.96. The number of nitrogens with one attached hydrogen (secondary N) is 1. The van der Waals surface area contributed by atoms with Crippen molar-refractivity contribution in [1.82, 2.24) is 14.8 Å². The number of aliphatic carboxylic acids is 1. The Bertz CT molecular complexity index is 1230. The molecule has 0 saturated heterocycles. The average molecular weight is 418 g/mol. The maximum absolute atomic E-state index is 13.3. The van der Waals surface area contributed by atoms with Crippen LogP contribution in [0, 0.1) is 0 Å². The van der Waals surface area contributed by atoms with Gasteiger partial charge in [0.15, 0.2) is 0 Å². The van der Waals surface area contributed by atoms with Gasteiger partial charge in [0.25, 0.3) is 5.91 Å². The Balaban J connectivity index is 1.65. The molecule has 158 valence electrons. The van der Waals surface area contributed by atoms with Gasteiger partial charge in [-0.1, -0.05) is 30.3 Å². The number of hydrogen-bond donors (Lipinski definition) is 2. The Morgan fingerprint density at radius 1 is 1.13 bits per heavy atom. The summed E-state index contributed by atoms with van der Waals surface area (Å²) in [6, 6.07) is 15.4. The van der Waals surface area contributed by atoms with E-state index in [1.54, 1.807) is 0 Å². The van der Waals surface area contributed by atoms with Crippen LogP contribution in [-0.2, 0) is 22.6 Å². The Labute approximate surface area is 178 Å². The van der Waals surface area contributed by atoms with E-state index < -0.39 is 12.5 Å². The van der Waals surface area contributed by atoms with E-state index in [1.807, 2.05) is 65.0 Å². The average Bonchev–Trinajstić information content (AvgIpc) is 3.09. The summed E-state index contributed by atoms with van der Waals surface area (Å²) in [6.45, 7) is 0.146. The SMILES string of the molecule is CN1c2ccccc2C(=O)N2CCc3c(n(CC(=O)NCC(=O)O)c4ccccc34)[C@@H]21. The fourth-order valence-corrected chi connectivity index (χ4v) is 4.85. The highest BCUT2D eigenvalue weighted by atomic mass is 16.4. The zero-order valence-corrected chi connectivity index (χ0v) is 17.0. The lowest BCUT2D eigenvalue weighted by molar-refractivity contribution is -0.138. The highest BCUT2D eigenvalue weighted by Gasteiger charge is 2.42. The number of rotatable bonds is 4. The van der Waals surface area contributed by atoms with Gasteiger partial charge in [0.1, 0.15) is 19.3 Å². The highest BCUT2D eigenvalue weighted by Crippen LogP contribution is 2.44. The number of nitrogens with zero attached hydrogens (tertiary/aromatic N) is 3. The first-order valence-electron chi connectivity index (χ1n) is 10.2. The maximum atomic E-state index is 13.3. The quantitative estimate of drug-likeness (QED) is 0.676. The molecule has 0 saturated carbocycles. The van der Waals surface area contributed by atoms with Gasteiger partial charge in [-0.15, -0.1) is 0 Å². The molecule has 1 aromatic heterocycles. The Morgan fingerprint density at radius 2 is 1.87 bits per heavy atom. The molecule has 0 bridgehead atoms. The first-order chi connectivity index (χ1) is 15.0. The molecule has 0 radical (unpaired) electrons. The third-order valence-electron chi connectivity index (χ3n) is 6.14. The van der Waals surface area contributed by atoms with Crippen molar-refractivity contribution in [3.8, 4) is 0 Å². The summed E-state index contributed by atoms with van der Waals surface area (Å²) in [5, 5.41) is 12.4. The van der Waals surface area contributed by atoms with Crippen LogP contribution in [0.4, 0.5) is 5.69 Å². The van der Waals surface area contributed by atoms with E-state index >= 15 is 0 Å². The molecule has 2 N–H and O–H groups in total.